The number of fused-ring (bicyclic) bond motifs is 1. The molecule has 2 saturated heterocycles. The average Bonchev–Trinajstić information content (AvgIpc) is 3.09. The molecule has 0 bridgehead atoms. The summed E-state index contributed by atoms with van der Waals surface area (Å²) in [6, 6.07) is 0. The predicted octanol–water partition coefficient (Wildman–Crippen LogP) is 1.90. The molecule has 128 valence electrons. The van der Waals surface area contributed by atoms with Crippen LogP contribution >= 0.6 is 0 Å². The van der Waals surface area contributed by atoms with E-state index in [-0.39, 0.29) is 17.8 Å². The average molecular weight is 332 g/mol. The van der Waals surface area contributed by atoms with E-state index in [4.69, 9.17) is 9.15 Å². The molecule has 0 aromatic carbocycles. The summed E-state index contributed by atoms with van der Waals surface area (Å²) in [5, 5.41) is 2.70. The predicted molar refractivity (Wildman–Crippen MR) is 82.9 cm³/mol. The van der Waals surface area contributed by atoms with E-state index in [9.17, 15) is 14.4 Å². The highest BCUT2D eigenvalue weighted by Gasteiger charge is 2.42. The molecule has 1 N–H and O–H groups in total. The number of ether oxygens (including phenoxy) is 1. The molecule has 3 heterocycles. The SMILES string of the molecule is O=C1NCC2(CCCN(C(=O)c3coc4c3C(=O)CCC4)CC2)O1. The molecule has 1 aliphatic carbocycles. The summed E-state index contributed by atoms with van der Waals surface area (Å²) < 4.78 is 10.9. The number of carbonyl (C=O) groups is 3. The van der Waals surface area contributed by atoms with E-state index in [0.29, 0.717) is 55.8 Å². The third kappa shape index (κ3) is 2.48. The molecule has 2 fully saturated rings. The van der Waals surface area contributed by atoms with Crippen molar-refractivity contribution in [1.82, 2.24) is 10.2 Å². The molecule has 2 amide bonds. The van der Waals surface area contributed by atoms with E-state index in [1.165, 1.54) is 6.26 Å². The quantitative estimate of drug-likeness (QED) is 0.848. The Bertz CT molecular complexity index is 710. The Labute approximate surface area is 139 Å². The van der Waals surface area contributed by atoms with Gasteiger partial charge in [-0.05, 0) is 19.3 Å². The molecule has 3 aliphatic rings. The minimum Gasteiger partial charge on any atom is -0.468 e. The molecule has 1 aromatic heterocycles. The fraction of sp³-hybridized carbons (Fsp3) is 0.588. The minimum absolute atomic E-state index is 0.00596. The van der Waals surface area contributed by atoms with Gasteiger partial charge in [-0.2, -0.15) is 0 Å². The first-order chi connectivity index (χ1) is 11.6. The first-order valence-corrected chi connectivity index (χ1v) is 8.48. The highest BCUT2D eigenvalue weighted by atomic mass is 16.6. The Hall–Kier alpha value is -2.31. The molecule has 1 atom stereocenters. The Morgan fingerprint density at radius 3 is 2.83 bits per heavy atom. The van der Waals surface area contributed by atoms with Gasteiger partial charge in [0.15, 0.2) is 5.78 Å². The molecule has 7 nitrogen and oxygen atoms in total. The second-order valence-corrected chi connectivity index (χ2v) is 6.80. The first kappa shape index (κ1) is 15.2. The lowest BCUT2D eigenvalue weighted by atomic mass is 9.93. The van der Waals surface area contributed by atoms with E-state index in [0.717, 1.165) is 19.3 Å². The summed E-state index contributed by atoms with van der Waals surface area (Å²) in [6.07, 6.45) is 5.09. The summed E-state index contributed by atoms with van der Waals surface area (Å²) in [5.41, 5.74) is 0.351. The van der Waals surface area contributed by atoms with Crippen LogP contribution in [0.2, 0.25) is 0 Å². The molecular weight excluding hydrogens is 312 g/mol. The maximum atomic E-state index is 12.9. The maximum absolute atomic E-state index is 12.9. The van der Waals surface area contributed by atoms with Crippen molar-refractivity contribution in [3.63, 3.8) is 0 Å². The minimum atomic E-state index is -0.502. The Kier molecular flexibility index (Phi) is 3.58. The standard InChI is InChI=1S/C17H20N2O5/c20-12-3-1-4-13-14(12)11(9-23-13)15(21)19-7-2-5-17(6-8-19)10-18-16(22)24-17/h9H,1-8,10H2,(H,18,22). The van der Waals surface area contributed by atoms with E-state index in [1.807, 2.05) is 0 Å². The number of furan rings is 1. The van der Waals surface area contributed by atoms with Crippen molar-refractivity contribution >= 4 is 17.8 Å². The van der Waals surface area contributed by atoms with Gasteiger partial charge in [-0.3, -0.25) is 9.59 Å². The van der Waals surface area contributed by atoms with Crippen LogP contribution in [0, 0.1) is 0 Å². The second-order valence-electron chi connectivity index (χ2n) is 6.80. The number of nitrogens with one attached hydrogen (secondary N) is 1. The molecule has 0 saturated carbocycles. The Morgan fingerprint density at radius 1 is 1.17 bits per heavy atom. The number of likely N-dealkylation sites (tertiary alicyclic amines) is 1. The maximum Gasteiger partial charge on any atom is 0.407 e. The van der Waals surface area contributed by atoms with E-state index < -0.39 is 5.60 Å². The van der Waals surface area contributed by atoms with Gasteiger partial charge in [-0.15, -0.1) is 0 Å². The largest absolute Gasteiger partial charge is 0.468 e. The molecule has 0 radical (unpaired) electrons. The third-order valence-corrected chi connectivity index (χ3v) is 5.23. The summed E-state index contributed by atoms with van der Waals surface area (Å²) >= 11 is 0. The first-order valence-electron chi connectivity index (χ1n) is 8.48. The summed E-state index contributed by atoms with van der Waals surface area (Å²) in [7, 11) is 0. The van der Waals surface area contributed by atoms with Gasteiger partial charge < -0.3 is 19.4 Å². The Balaban J connectivity index is 1.52. The Morgan fingerprint density at radius 2 is 2.04 bits per heavy atom. The number of Topliss-reactive ketones (excluding diaryl/α,β-unsaturated/α-hetero) is 1. The number of rotatable bonds is 1. The number of nitrogens with zero attached hydrogens (tertiary/aromatic N) is 1. The normalized spacial score (nSPS) is 26.8. The van der Waals surface area contributed by atoms with E-state index in [1.54, 1.807) is 4.90 Å². The van der Waals surface area contributed by atoms with Crippen LogP contribution in [0.5, 0.6) is 0 Å². The fourth-order valence-electron chi connectivity index (χ4n) is 3.90. The number of alkyl carbamates (subject to hydrolysis) is 1. The van der Waals surface area contributed by atoms with Crippen molar-refractivity contribution in [1.29, 1.82) is 0 Å². The number of hydrogen-bond acceptors (Lipinski definition) is 5. The summed E-state index contributed by atoms with van der Waals surface area (Å²) in [6.45, 7) is 1.58. The van der Waals surface area contributed by atoms with Crippen LogP contribution in [0.1, 0.15) is 58.6 Å². The van der Waals surface area contributed by atoms with Crippen molar-refractivity contribution in [3.8, 4) is 0 Å². The molecule has 24 heavy (non-hydrogen) atoms. The molecule has 7 heteroatoms. The number of hydrogen-bond donors (Lipinski definition) is 1. The molecule has 4 rings (SSSR count). The van der Waals surface area contributed by atoms with Crippen LogP contribution in [0.3, 0.4) is 0 Å². The van der Waals surface area contributed by atoms with Crippen LogP contribution in [-0.2, 0) is 11.2 Å². The monoisotopic (exact) mass is 332 g/mol. The zero-order valence-corrected chi connectivity index (χ0v) is 13.4. The van der Waals surface area contributed by atoms with E-state index in [2.05, 4.69) is 5.32 Å². The van der Waals surface area contributed by atoms with Crippen LogP contribution in [0.4, 0.5) is 4.79 Å². The van der Waals surface area contributed by atoms with Crippen LogP contribution in [-0.4, -0.2) is 47.9 Å². The number of carbonyl (C=O) groups excluding carboxylic acids is 3. The summed E-state index contributed by atoms with van der Waals surface area (Å²) in [4.78, 5) is 38.2. The van der Waals surface area contributed by atoms with Gasteiger partial charge in [-0.25, -0.2) is 4.79 Å². The highest BCUT2D eigenvalue weighted by Crippen LogP contribution is 2.31. The molecule has 1 unspecified atom stereocenters. The summed E-state index contributed by atoms with van der Waals surface area (Å²) in [5.74, 6) is 0.466. The lowest BCUT2D eigenvalue weighted by Crippen LogP contribution is -2.37. The van der Waals surface area contributed by atoms with Gasteiger partial charge in [0.25, 0.3) is 5.91 Å². The zero-order valence-electron chi connectivity index (χ0n) is 13.4. The fourth-order valence-corrected chi connectivity index (χ4v) is 3.90. The van der Waals surface area contributed by atoms with E-state index >= 15 is 0 Å². The number of ketones is 1. The van der Waals surface area contributed by atoms with Gasteiger partial charge in [0.2, 0.25) is 0 Å². The van der Waals surface area contributed by atoms with Gasteiger partial charge in [0, 0.05) is 32.4 Å². The van der Waals surface area contributed by atoms with Crippen molar-refractivity contribution in [2.45, 2.75) is 44.1 Å². The highest BCUT2D eigenvalue weighted by molar-refractivity contribution is 6.09. The van der Waals surface area contributed by atoms with Crippen molar-refractivity contribution in [2.75, 3.05) is 19.6 Å². The van der Waals surface area contributed by atoms with Crippen molar-refractivity contribution in [2.24, 2.45) is 0 Å². The van der Waals surface area contributed by atoms with Crippen LogP contribution < -0.4 is 5.32 Å². The van der Waals surface area contributed by atoms with Gasteiger partial charge in [-0.1, -0.05) is 0 Å². The number of amides is 2. The van der Waals surface area contributed by atoms with Gasteiger partial charge in [0.05, 0.1) is 17.7 Å². The number of aryl methyl sites for hydroxylation is 1. The lowest BCUT2D eigenvalue weighted by Gasteiger charge is -2.25. The molecular formula is C17H20N2O5. The van der Waals surface area contributed by atoms with Gasteiger partial charge in [0.1, 0.15) is 17.6 Å². The smallest absolute Gasteiger partial charge is 0.407 e. The van der Waals surface area contributed by atoms with Crippen molar-refractivity contribution < 1.29 is 23.5 Å². The zero-order chi connectivity index (χ0) is 16.7. The third-order valence-electron chi connectivity index (χ3n) is 5.23. The second kappa shape index (κ2) is 5.65. The van der Waals surface area contributed by atoms with Crippen LogP contribution in [0.25, 0.3) is 0 Å². The lowest BCUT2D eigenvalue weighted by molar-refractivity contribution is 0.0438. The molecule has 1 aromatic rings. The van der Waals surface area contributed by atoms with Gasteiger partial charge >= 0.3 is 6.09 Å². The molecule has 1 spiro atoms. The van der Waals surface area contributed by atoms with Crippen molar-refractivity contribution in [3.05, 3.63) is 23.2 Å². The molecule has 2 aliphatic heterocycles. The van der Waals surface area contributed by atoms with Crippen LogP contribution in [0.15, 0.2) is 10.7 Å². The topological polar surface area (TPSA) is 88.9 Å².